The quantitative estimate of drug-likeness (QED) is 0.145. The molecule has 0 saturated carbocycles. The Bertz CT molecular complexity index is 3610. The molecule has 1 nitrogen and oxygen atoms in total. The highest BCUT2D eigenvalue weighted by molar-refractivity contribution is 7.25. The first-order valence-electron chi connectivity index (χ1n) is 21.2. The van der Waals surface area contributed by atoms with E-state index in [0.29, 0.717) is 0 Å². The second kappa shape index (κ2) is 15.0. The summed E-state index contributed by atoms with van der Waals surface area (Å²) in [5, 5.41) is 10.2. The molecule has 1 heterocycles. The summed E-state index contributed by atoms with van der Waals surface area (Å²) in [6.45, 7) is 0. The molecule has 0 aliphatic heterocycles. The fourth-order valence-corrected chi connectivity index (χ4v) is 10.5. The Hall–Kier alpha value is -7.78. The van der Waals surface area contributed by atoms with Gasteiger partial charge in [-0.3, -0.25) is 0 Å². The van der Waals surface area contributed by atoms with Crippen LogP contribution in [-0.2, 0) is 0 Å². The predicted octanol–water partition coefficient (Wildman–Crippen LogP) is 17.7. The van der Waals surface area contributed by atoms with E-state index >= 15 is 0 Å². The largest absolute Gasteiger partial charge is 0.311 e. The molecule has 0 aliphatic rings. The van der Waals surface area contributed by atoms with Crippen LogP contribution in [0.15, 0.2) is 237 Å². The third kappa shape index (κ3) is 6.32. The van der Waals surface area contributed by atoms with Crippen LogP contribution < -0.4 is 4.90 Å². The summed E-state index contributed by atoms with van der Waals surface area (Å²) in [7, 11) is 0. The zero-order valence-corrected chi connectivity index (χ0v) is 34.7. The number of rotatable bonds is 7. The molecule has 0 amide bonds. The summed E-state index contributed by atoms with van der Waals surface area (Å²) in [6, 6.07) is 86.7. The van der Waals surface area contributed by atoms with E-state index in [1.165, 1.54) is 97.0 Å². The molecule has 1 aromatic heterocycles. The van der Waals surface area contributed by atoms with Crippen LogP contribution in [0.2, 0.25) is 0 Å². The van der Waals surface area contributed by atoms with Gasteiger partial charge < -0.3 is 4.90 Å². The second-order valence-electron chi connectivity index (χ2n) is 16.1. The van der Waals surface area contributed by atoms with Crippen LogP contribution >= 0.6 is 11.3 Å². The van der Waals surface area contributed by atoms with Crippen molar-refractivity contribution in [3.8, 4) is 44.5 Å². The van der Waals surface area contributed by atoms with Crippen molar-refractivity contribution >= 4 is 80.9 Å². The zero-order valence-electron chi connectivity index (χ0n) is 33.9. The fourth-order valence-electron chi connectivity index (χ4n) is 9.39. The van der Waals surface area contributed by atoms with Crippen molar-refractivity contribution in [2.24, 2.45) is 0 Å². The molecule has 12 rings (SSSR count). The number of hydrogen-bond acceptors (Lipinski definition) is 2. The molecule has 62 heavy (non-hydrogen) atoms. The minimum Gasteiger partial charge on any atom is -0.311 e. The van der Waals surface area contributed by atoms with E-state index in [-0.39, 0.29) is 0 Å². The van der Waals surface area contributed by atoms with Gasteiger partial charge in [-0.25, -0.2) is 0 Å². The first kappa shape index (κ1) is 36.1. The van der Waals surface area contributed by atoms with Gasteiger partial charge in [0.1, 0.15) is 0 Å². The van der Waals surface area contributed by atoms with Gasteiger partial charge in [0.25, 0.3) is 0 Å². The molecule has 0 N–H and O–H groups in total. The average molecular weight is 806 g/mol. The Morgan fingerprint density at radius 1 is 0.242 bits per heavy atom. The van der Waals surface area contributed by atoms with Gasteiger partial charge in [-0.15, -0.1) is 11.3 Å². The Morgan fingerprint density at radius 2 is 0.742 bits per heavy atom. The zero-order chi connectivity index (χ0) is 41.0. The van der Waals surface area contributed by atoms with Crippen molar-refractivity contribution in [1.29, 1.82) is 0 Å². The van der Waals surface area contributed by atoms with Crippen molar-refractivity contribution in [3.63, 3.8) is 0 Å². The Balaban J connectivity index is 0.927. The highest BCUT2D eigenvalue weighted by Crippen LogP contribution is 2.42. The van der Waals surface area contributed by atoms with Crippen LogP contribution in [0.25, 0.3) is 97.0 Å². The van der Waals surface area contributed by atoms with Crippen LogP contribution in [0.4, 0.5) is 17.1 Å². The molecular formula is C60H39NS. The molecule has 12 aromatic rings. The van der Waals surface area contributed by atoms with E-state index in [1.54, 1.807) is 0 Å². The lowest BCUT2D eigenvalue weighted by molar-refractivity contribution is 1.28. The van der Waals surface area contributed by atoms with Gasteiger partial charge in [0.2, 0.25) is 0 Å². The van der Waals surface area contributed by atoms with Crippen LogP contribution in [0.5, 0.6) is 0 Å². The third-order valence-electron chi connectivity index (χ3n) is 12.5. The molecular weight excluding hydrogens is 767 g/mol. The summed E-state index contributed by atoms with van der Waals surface area (Å²) in [5.41, 5.74) is 13.0. The number of thiophene rings is 1. The van der Waals surface area contributed by atoms with Gasteiger partial charge in [0.05, 0.1) is 0 Å². The standard InChI is InChI=1S/C60H39NS/c1-3-16-51-42(11-1)13-10-21-52(51)46-15-9-14-44(37-46)40-23-30-48(31-24-40)61(49-32-25-41(26-33-49)45-29-36-57-56-20-7-8-22-59(56)62-60(57)39-45)50-34-27-43(28-35-50)58-38-47-12-2-4-17-53(47)54-18-5-6-19-55(54)58/h1-39H. The van der Waals surface area contributed by atoms with Crippen molar-refractivity contribution < 1.29 is 0 Å². The number of fused-ring (bicyclic) bond motifs is 7. The Kier molecular flexibility index (Phi) is 8.76. The molecule has 0 radical (unpaired) electrons. The lowest BCUT2D eigenvalue weighted by Gasteiger charge is -2.26. The SMILES string of the molecule is c1cc(-c2ccc(N(c3ccc(-c4ccc5c(c4)sc4ccccc45)cc3)c3ccc(-c4cc5ccccc5c5ccccc45)cc3)cc2)cc(-c2cccc3ccccc23)c1. The average Bonchev–Trinajstić information content (AvgIpc) is 3.72. The smallest absolute Gasteiger partial charge is 0.0462 e. The predicted molar refractivity (Wildman–Crippen MR) is 268 cm³/mol. The molecule has 11 aromatic carbocycles. The molecule has 0 saturated heterocycles. The van der Waals surface area contributed by atoms with E-state index in [0.717, 1.165) is 17.1 Å². The van der Waals surface area contributed by atoms with Crippen molar-refractivity contribution in [2.45, 2.75) is 0 Å². The van der Waals surface area contributed by atoms with Crippen molar-refractivity contribution in [3.05, 3.63) is 237 Å². The topological polar surface area (TPSA) is 3.24 Å². The second-order valence-corrected chi connectivity index (χ2v) is 17.2. The van der Waals surface area contributed by atoms with E-state index in [2.05, 4.69) is 241 Å². The van der Waals surface area contributed by atoms with Crippen LogP contribution in [0.1, 0.15) is 0 Å². The van der Waals surface area contributed by atoms with E-state index in [1.807, 2.05) is 11.3 Å². The molecule has 2 heteroatoms. The maximum Gasteiger partial charge on any atom is 0.0462 e. The molecule has 0 bridgehead atoms. The highest BCUT2D eigenvalue weighted by Gasteiger charge is 2.16. The number of nitrogens with zero attached hydrogens (tertiary/aromatic N) is 1. The summed E-state index contributed by atoms with van der Waals surface area (Å²) in [4.78, 5) is 2.37. The number of anilines is 3. The Labute approximate surface area is 365 Å². The van der Waals surface area contributed by atoms with Gasteiger partial charge >= 0.3 is 0 Å². The first-order chi connectivity index (χ1) is 30.7. The minimum absolute atomic E-state index is 1.10. The molecule has 0 unspecified atom stereocenters. The van der Waals surface area contributed by atoms with Crippen molar-refractivity contribution in [1.82, 2.24) is 0 Å². The summed E-state index contributed by atoms with van der Waals surface area (Å²) < 4.78 is 2.64. The number of hydrogen-bond donors (Lipinski definition) is 0. The van der Waals surface area contributed by atoms with E-state index < -0.39 is 0 Å². The summed E-state index contributed by atoms with van der Waals surface area (Å²) in [6.07, 6.45) is 0. The first-order valence-corrected chi connectivity index (χ1v) is 22.0. The van der Waals surface area contributed by atoms with Gasteiger partial charge in [-0.2, -0.15) is 0 Å². The van der Waals surface area contributed by atoms with Crippen LogP contribution in [-0.4, -0.2) is 0 Å². The van der Waals surface area contributed by atoms with Gasteiger partial charge in [0, 0.05) is 37.2 Å². The summed E-state index contributed by atoms with van der Waals surface area (Å²) >= 11 is 1.86. The Morgan fingerprint density at radius 3 is 1.47 bits per heavy atom. The lowest BCUT2D eigenvalue weighted by Crippen LogP contribution is -2.09. The van der Waals surface area contributed by atoms with Gasteiger partial charge in [-0.1, -0.05) is 176 Å². The van der Waals surface area contributed by atoms with Gasteiger partial charge in [-0.05, 0) is 137 Å². The normalized spacial score (nSPS) is 11.5. The highest BCUT2D eigenvalue weighted by atomic mass is 32.1. The molecule has 290 valence electrons. The van der Waals surface area contributed by atoms with Crippen LogP contribution in [0, 0.1) is 0 Å². The summed E-state index contributed by atoms with van der Waals surface area (Å²) in [5.74, 6) is 0. The number of benzene rings is 11. The monoisotopic (exact) mass is 805 g/mol. The van der Waals surface area contributed by atoms with Crippen LogP contribution in [0.3, 0.4) is 0 Å². The maximum atomic E-state index is 2.37. The van der Waals surface area contributed by atoms with E-state index in [9.17, 15) is 0 Å². The minimum atomic E-state index is 1.10. The van der Waals surface area contributed by atoms with Gasteiger partial charge in [0.15, 0.2) is 0 Å². The van der Waals surface area contributed by atoms with Crippen molar-refractivity contribution in [2.75, 3.05) is 4.90 Å². The third-order valence-corrected chi connectivity index (χ3v) is 13.6. The molecule has 0 fully saturated rings. The fraction of sp³-hybridized carbons (Fsp3) is 0. The lowest BCUT2D eigenvalue weighted by atomic mass is 9.93. The molecule has 0 spiro atoms. The molecule has 0 aliphatic carbocycles. The molecule has 0 atom stereocenters. The van der Waals surface area contributed by atoms with E-state index in [4.69, 9.17) is 0 Å². The maximum absolute atomic E-state index is 2.37.